The number of benzene rings is 3. The summed E-state index contributed by atoms with van der Waals surface area (Å²) < 4.78 is 27.4. The van der Waals surface area contributed by atoms with E-state index in [1.807, 2.05) is 49.4 Å². The fraction of sp³-hybridized carbons (Fsp3) is 0.167. The Bertz CT molecular complexity index is 1140. The summed E-state index contributed by atoms with van der Waals surface area (Å²) in [5, 5.41) is 2.69. The van der Waals surface area contributed by atoms with Crippen molar-refractivity contribution in [1.82, 2.24) is 4.72 Å². The maximum Gasteiger partial charge on any atom is 0.240 e. The van der Waals surface area contributed by atoms with Crippen LogP contribution in [0.5, 0.6) is 0 Å². The maximum absolute atomic E-state index is 12.4. The Balaban J connectivity index is 1.51. The monoisotopic (exact) mass is 436 g/mol. The summed E-state index contributed by atoms with van der Waals surface area (Å²) in [5.41, 5.74) is 2.97. The zero-order valence-electron chi connectivity index (χ0n) is 17.2. The van der Waals surface area contributed by atoms with Crippen molar-refractivity contribution in [2.45, 2.75) is 31.2 Å². The third-order valence-electron chi connectivity index (χ3n) is 4.71. The zero-order valence-corrected chi connectivity index (χ0v) is 18.0. The number of sulfonamides is 1. The topological polar surface area (TPSA) is 92.3 Å². The largest absolute Gasteiger partial charge is 0.326 e. The molecule has 31 heavy (non-hydrogen) atoms. The predicted molar refractivity (Wildman–Crippen MR) is 120 cm³/mol. The summed E-state index contributed by atoms with van der Waals surface area (Å²) in [4.78, 5) is 24.4. The van der Waals surface area contributed by atoms with Crippen LogP contribution in [0, 0.1) is 6.92 Å². The van der Waals surface area contributed by atoms with Crippen molar-refractivity contribution in [2.24, 2.45) is 0 Å². The number of hydrogen-bond acceptors (Lipinski definition) is 4. The molecule has 0 aliphatic rings. The second-order valence-electron chi connectivity index (χ2n) is 7.17. The number of nitrogens with one attached hydrogen (secondary N) is 2. The third-order valence-corrected chi connectivity index (χ3v) is 6.13. The number of carbonyl (C=O) groups excluding carboxylic acids is 2. The summed E-state index contributed by atoms with van der Waals surface area (Å²) in [7, 11) is -3.67. The SMILES string of the molecule is Cc1ccc(C(=O)CCC(=O)Nc2ccc(S(=O)(=O)NCc3ccccc3)cc2)cc1. The first-order valence-corrected chi connectivity index (χ1v) is 11.4. The molecular weight excluding hydrogens is 412 g/mol. The Kier molecular flexibility index (Phi) is 7.33. The first kappa shape index (κ1) is 22.4. The summed E-state index contributed by atoms with van der Waals surface area (Å²) in [6.45, 7) is 2.13. The lowest BCUT2D eigenvalue weighted by molar-refractivity contribution is -0.116. The van der Waals surface area contributed by atoms with Crippen LogP contribution in [0.2, 0.25) is 0 Å². The van der Waals surface area contributed by atoms with Crippen LogP contribution in [0.4, 0.5) is 5.69 Å². The van der Waals surface area contributed by atoms with E-state index in [0.29, 0.717) is 11.3 Å². The summed E-state index contributed by atoms with van der Waals surface area (Å²) in [5.74, 6) is -0.403. The Morgan fingerprint density at radius 1 is 0.806 bits per heavy atom. The van der Waals surface area contributed by atoms with E-state index in [-0.39, 0.29) is 36.0 Å². The number of carbonyl (C=O) groups is 2. The van der Waals surface area contributed by atoms with Gasteiger partial charge in [0, 0.05) is 30.6 Å². The summed E-state index contributed by atoms with van der Waals surface area (Å²) in [6.07, 6.45) is 0.149. The maximum atomic E-state index is 12.4. The van der Waals surface area contributed by atoms with Gasteiger partial charge in [-0.05, 0) is 36.8 Å². The lowest BCUT2D eigenvalue weighted by atomic mass is 10.0. The zero-order chi connectivity index (χ0) is 22.3. The molecule has 3 rings (SSSR count). The highest BCUT2D eigenvalue weighted by molar-refractivity contribution is 7.89. The average molecular weight is 437 g/mol. The smallest absolute Gasteiger partial charge is 0.240 e. The van der Waals surface area contributed by atoms with Gasteiger partial charge >= 0.3 is 0 Å². The fourth-order valence-electron chi connectivity index (χ4n) is 2.91. The standard InChI is InChI=1S/C24H24N2O4S/c1-18-7-9-20(10-8-18)23(27)15-16-24(28)26-21-11-13-22(14-12-21)31(29,30)25-17-19-5-3-2-4-6-19/h2-14,25H,15-17H2,1H3,(H,26,28). The van der Waals surface area contributed by atoms with Crippen molar-refractivity contribution >= 4 is 27.4 Å². The quantitative estimate of drug-likeness (QED) is 0.495. The van der Waals surface area contributed by atoms with E-state index in [1.54, 1.807) is 12.1 Å². The van der Waals surface area contributed by atoms with E-state index in [2.05, 4.69) is 10.0 Å². The predicted octanol–water partition coefficient (Wildman–Crippen LogP) is 4.08. The van der Waals surface area contributed by atoms with Crippen molar-refractivity contribution in [3.05, 3.63) is 95.6 Å². The minimum absolute atomic E-state index is 0.0470. The molecule has 6 nitrogen and oxygen atoms in total. The fourth-order valence-corrected chi connectivity index (χ4v) is 3.93. The van der Waals surface area contributed by atoms with Crippen LogP contribution < -0.4 is 10.0 Å². The molecule has 1 amide bonds. The molecule has 160 valence electrons. The Morgan fingerprint density at radius 2 is 1.45 bits per heavy atom. The Labute approximate surface area is 182 Å². The molecule has 0 unspecified atom stereocenters. The van der Waals surface area contributed by atoms with Gasteiger partial charge in [-0.2, -0.15) is 0 Å². The number of Topliss-reactive ketones (excluding diaryl/α,β-unsaturated/α-hetero) is 1. The first-order chi connectivity index (χ1) is 14.8. The van der Waals surface area contributed by atoms with E-state index >= 15 is 0 Å². The molecule has 0 bridgehead atoms. The number of ketones is 1. The molecule has 0 spiro atoms. The Morgan fingerprint density at radius 3 is 2.10 bits per heavy atom. The van der Waals surface area contributed by atoms with Gasteiger partial charge < -0.3 is 5.32 Å². The molecule has 0 saturated heterocycles. The van der Waals surface area contributed by atoms with Gasteiger partial charge in [0.05, 0.1) is 4.90 Å². The molecule has 0 aliphatic heterocycles. The minimum Gasteiger partial charge on any atom is -0.326 e. The molecule has 7 heteroatoms. The molecule has 0 heterocycles. The number of hydrogen-bond donors (Lipinski definition) is 2. The van der Waals surface area contributed by atoms with E-state index in [9.17, 15) is 18.0 Å². The highest BCUT2D eigenvalue weighted by atomic mass is 32.2. The van der Waals surface area contributed by atoms with Gasteiger partial charge in [-0.1, -0.05) is 60.2 Å². The number of amides is 1. The van der Waals surface area contributed by atoms with Gasteiger partial charge in [0.1, 0.15) is 0 Å². The summed E-state index contributed by atoms with van der Waals surface area (Å²) in [6, 6.07) is 22.4. The lowest BCUT2D eigenvalue weighted by Gasteiger charge is -2.09. The van der Waals surface area contributed by atoms with E-state index in [4.69, 9.17) is 0 Å². The van der Waals surface area contributed by atoms with Gasteiger partial charge in [0.15, 0.2) is 5.78 Å². The van der Waals surface area contributed by atoms with E-state index in [1.165, 1.54) is 24.3 Å². The van der Waals surface area contributed by atoms with Crippen LogP contribution in [0.15, 0.2) is 83.8 Å². The normalized spacial score (nSPS) is 11.1. The third kappa shape index (κ3) is 6.60. The van der Waals surface area contributed by atoms with Crippen molar-refractivity contribution in [1.29, 1.82) is 0 Å². The molecule has 2 N–H and O–H groups in total. The van der Waals surface area contributed by atoms with Crippen LogP contribution in [0.25, 0.3) is 0 Å². The van der Waals surface area contributed by atoms with Gasteiger partial charge in [-0.25, -0.2) is 13.1 Å². The molecule has 0 aromatic heterocycles. The number of rotatable bonds is 9. The molecule has 0 saturated carbocycles. The number of aryl methyl sites for hydroxylation is 1. The highest BCUT2D eigenvalue weighted by Gasteiger charge is 2.14. The molecule has 3 aromatic carbocycles. The highest BCUT2D eigenvalue weighted by Crippen LogP contribution is 2.15. The van der Waals surface area contributed by atoms with Crippen molar-refractivity contribution < 1.29 is 18.0 Å². The van der Waals surface area contributed by atoms with Gasteiger partial charge in [0.2, 0.25) is 15.9 Å². The van der Waals surface area contributed by atoms with Gasteiger partial charge in [0.25, 0.3) is 0 Å². The van der Waals surface area contributed by atoms with Gasteiger partial charge in [-0.3, -0.25) is 9.59 Å². The van der Waals surface area contributed by atoms with Crippen LogP contribution in [-0.4, -0.2) is 20.1 Å². The van der Waals surface area contributed by atoms with Crippen molar-refractivity contribution in [3.8, 4) is 0 Å². The van der Waals surface area contributed by atoms with Gasteiger partial charge in [-0.15, -0.1) is 0 Å². The first-order valence-electron chi connectivity index (χ1n) is 9.87. The van der Waals surface area contributed by atoms with Crippen LogP contribution in [0.3, 0.4) is 0 Å². The molecule has 0 atom stereocenters. The lowest BCUT2D eigenvalue weighted by Crippen LogP contribution is -2.23. The molecule has 0 radical (unpaired) electrons. The molecule has 0 aliphatic carbocycles. The van der Waals surface area contributed by atoms with Crippen molar-refractivity contribution in [3.63, 3.8) is 0 Å². The van der Waals surface area contributed by atoms with E-state index in [0.717, 1.165) is 11.1 Å². The van der Waals surface area contributed by atoms with Crippen LogP contribution >= 0.6 is 0 Å². The van der Waals surface area contributed by atoms with Crippen LogP contribution in [-0.2, 0) is 21.4 Å². The summed E-state index contributed by atoms with van der Waals surface area (Å²) >= 11 is 0. The molecule has 0 fully saturated rings. The van der Waals surface area contributed by atoms with E-state index < -0.39 is 10.0 Å². The number of anilines is 1. The van der Waals surface area contributed by atoms with Crippen molar-refractivity contribution in [2.75, 3.05) is 5.32 Å². The second kappa shape index (κ2) is 10.1. The minimum atomic E-state index is -3.67. The molecular formula is C24H24N2O4S. The Hall–Kier alpha value is -3.29. The van der Waals surface area contributed by atoms with Crippen LogP contribution in [0.1, 0.15) is 34.3 Å². The average Bonchev–Trinajstić information content (AvgIpc) is 2.78. The molecule has 3 aromatic rings. The second-order valence-corrected chi connectivity index (χ2v) is 8.94.